The van der Waals surface area contributed by atoms with E-state index >= 15 is 0 Å². The van der Waals surface area contributed by atoms with E-state index in [2.05, 4.69) is 0 Å². The van der Waals surface area contributed by atoms with Crippen LogP contribution in [0.3, 0.4) is 0 Å². The number of Topliss-reactive ketones (excluding diaryl/α,β-unsaturated/α-hetero) is 1. The Morgan fingerprint density at radius 2 is 1.35 bits per heavy atom. The lowest BCUT2D eigenvalue weighted by molar-refractivity contribution is -0.174. The molecule has 0 bridgehead atoms. The molecule has 1 N–H and O–H groups in total. The maximum Gasteiger partial charge on any atom is 0.317 e. The molecular weight excluding hydrogens is 472 g/mol. The van der Waals surface area contributed by atoms with Crippen molar-refractivity contribution in [3.63, 3.8) is 0 Å². The molecule has 0 radical (unpaired) electrons. The number of ether oxygens (including phenoxy) is 3. The largest absolute Gasteiger partial charge is 0.497 e. The van der Waals surface area contributed by atoms with E-state index in [9.17, 15) is 19.5 Å². The lowest BCUT2D eigenvalue weighted by atomic mass is 9.61. The van der Waals surface area contributed by atoms with Gasteiger partial charge in [0.05, 0.1) is 18.6 Å². The van der Waals surface area contributed by atoms with Crippen molar-refractivity contribution >= 4 is 17.7 Å². The van der Waals surface area contributed by atoms with Gasteiger partial charge in [-0.05, 0) is 35.7 Å². The molecule has 0 spiro atoms. The number of hydrogen-bond donors (Lipinski definition) is 1. The minimum atomic E-state index is -1.73. The standard InChI is InChI=1S/C30H30O7/c1-30(34)17-24(31)26(28(32)36-18-20-9-5-3-6-10-20)25(22-13-15-23(35-2)16-14-22)27(30)29(33)37-19-21-11-7-4-8-12-21/h3-16,25-27,34H,17-19H2,1-2H3/t25-,26+,27+,30-/m1/s1. The van der Waals surface area contributed by atoms with E-state index in [0.29, 0.717) is 11.3 Å². The fraction of sp³-hybridized carbons (Fsp3) is 0.300. The van der Waals surface area contributed by atoms with Gasteiger partial charge in [0.2, 0.25) is 0 Å². The first-order valence-electron chi connectivity index (χ1n) is 12.1. The minimum Gasteiger partial charge on any atom is -0.497 e. The van der Waals surface area contributed by atoms with Gasteiger partial charge in [-0.25, -0.2) is 0 Å². The lowest BCUT2D eigenvalue weighted by Crippen LogP contribution is -2.55. The second kappa shape index (κ2) is 11.4. The first-order valence-corrected chi connectivity index (χ1v) is 12.1. The Morgan fingerprint density at radius 3 is 1.86 bits per heavy atom. The van der Waals surface area contributed by atoms with E-state index in [1.54, 1.807) is 24.3 Å². The van der Waals surface area contributed by atoms with Crippen molar-refractivity contribution in [1.82, 2.24) is 0 Å². The Hall–Kier alpha value is -3.97. The van der Waals surface area contributed by atoms with Gasteiger partial charge in [-0.1, -0.05) is 72.8 Å². The molecule has 0 unspecified atom stereocenters. The fourth-order valence-corrected chi connectivity index (χ4v) is 4.88. The van der Waals surface area contributed by atoms with E-state index in [0.717, 1.165) is 11.1 Å². The monoisotopic (exact) mass is 502 g/mol. The second-order valence-electron chi connectivity index (χ2n) is 9.44. The number of carbonyl (C=O) groups is 3. The van der Waals surface area contributed by atoms with Gasteiger partial charge in [0, 0.05) is 12.3 Å². The van der Waals surface area contributed by atoms with Crippen LogP contribution in [0, 0.1) is 11.8 Å². The third-order valence-corrected chi connectivity index (χ3v) is 6.72. The predicted molar refractivity (Wildman–Crippen MR) is 135 cm³/mol. The highest BCUT2D eigenvalue weighted by Gasteiger charge is 2.57. The normalized spacial score (nSPS) is 23.2. The predicted octanol–water partition coefficient (Wildman–Crippen LogP) is 4.22. The number of ketones is 1. The van der Waals surface area contributed by atoms with Gasteiger partial charge in [-0.2, -0.15) is 0 Å². The Kier molecular flexibility index (Phi) is 8.04. The molecule has 3 aromatic carbocycles. The van der Waals surface area contributed by atoms with Crippen molar-refractivity contribution < 1.29 is 33.7 Å². The van der Waals surface area contributed by atoms with E-state index in [1.807, 2.05) is 60.7 Å². The topological polar surface area (TPSA) is 99.1 Å². The van der Waals surface area contributed by atoms with E-state index in [1.165, 1.54) is 14.0 Å². The van der Waals surface area contributed by atoms with E-state index in [4.69, 9.17) is 14.2 Å². The second-order valence-corrected chi connectivity index (χ2v) is 9.44. The lowest BCUT2D eigenvalue weighted by Gasteiger charge is -2.43. The first-order chi connectivity index (χ1) is 17.8. The highest BCUT2D eigenvalue weighted by atomic mass is 16.5. The van der Waals surface area contributed by atoms with Crippen molar-refractivity contribution in [2.75, 3.05) is 7.11 Å². The minimum absolute atomic E-state index is 0.00134. The molecule has 4 atom stereocenters. The van der Waals surface area contributed by atoms with Gasteiger partial charge in [0.15, 0.2) is 5.78 Å². The number of methoxy groups -OCH3 is 1. The van der Waals surface area contributed by atoms with Crippen LogP contribution < -0.4 is 4.74 Å². The van der Waals surface area contributed by atoms with Crippen molar-refractivity contribution in [3.05, 3.63) is 102 Å². The summed E-state index contributed by atoms with van der Waals surface area (Å²) in [5.74, 6) is -4.81. The molecule has 0 saturated heterocycles. The maximum absolute atomic E-state index is 13.5. The summed E-state index contributed by atoms with van der Waals surface area (Å²) in [6.45, 7) is 1.42. The van der Waals surface area contributed by atoms with E-state index in [-0.39, 0.29) is 19.6 Å². The van der Waals surface area contributed by atoms with Crippen molar-refractivity contribution in [1.29, 1.82) is 0 Å². The molecule has 4 rings (SSSR count). The summed E-state index contributed by atoms with van der Waals surface area (Å²) in [6.07, 6.45) is -0.379. The molecule has 0 aromatic heterocycles. The number of rotatable bonds is 8. The molecule has 0 amide bonds. The van der Waals surface area contributed by atoms with Crippen LogP contribution in [0.4, 0.5) is 0 Å². The van der Waals surface area contributed by atoms with Crippen LogP contribution in [0.5, 0.6) is 5.75 Å². The summed E-state index contributed by atoms with van der Waals surface area (Å²) in [5.41, 5.74) is 0.344. The fourth-order valence-electron chi connectivity index (χ4n) is 4.88. The zero-order valence-electron chi connectivity index (χ0n) is 20.8. The molecule has 1 aliphatic carbocycles. The smallest absolute Gasteiger partial charge is 0.317 e. The number of aliphatic hydroxyl groups is 1. The quantitative estimate of drug-likeness (QED) is 0.364. The van der Waals surface area contributed by atoms with Crippen LogP contribution in [-0.4, -0.2) is 35.5 Å². The molecule has 0 heterocycles. The van der Waals surface area contributed by atoms with Gasteiger partial charge < -0.3 is 19.3 Å². The van der Waals surface area contributed by atoms with Gasteiger partial charge in [0.25, 0.3) is 0 Å². The number of carbonyl (C=O) groups excluding carboxylic acids is 3. The van der Waals surface area contributed by atoms with Crippen LogP contribution in [0.2, 0.25) is 0 Å². The highest BCUT2D eigenvalue weighted by molar-refractivity contribution is 6.02. The molecule has 7 heteroatoms. The van der Waals surface area contributed by atoms with Crippen LogP contribution >= 0.6 is 0 Å². The summed E-state index contributed by atoms with van der Waals surface area (Å²) < 4.78 is 16.4. The van der Waals surface area contributed by atoms with E-state index < -0.39 is 41.1 Å². The average molecular weight is 503 g/mol. The molecular formula is C30H30O7. The molecule has 192 valence electrons. The van der Waals surface area contributed by atoms with Crippen molar-refractivity contribution in [2.45, 2.75) is 38.1 Å². The molecule has 1 fully saturated rings. The Balaban J connectivity index is 1.67. The zero-order chi connectivity index (χ0) is 26.4. The van der Waals surface area contributed by atoms with Crippen LogP contribution in [-0.2, 0) is 37.1 Å². The first kappa shape index (κ1) is 26.1. The highest BCUT2D eigenvalue weighted by Crippen LogP contribution is 2.47. The molecule has 1 saturated carbocycles. The summed E-state index contributed by atoms with van der Waals surface area (Å²) in [7, 11) is 1.53. The van der Waals surface area contributed by atoms with Crippen LogP contribution in [0.1, 0.15) is 36.0 Å². The van der Waals surface area contributed by atoms with Gasteiger partial charge in [-0.3, -0.25) is 14.4 Å². The summed E-state index contributed by atoms with van der Waals surface area (Å²) in [4.78, 5) is 40.1. The van der Waals surface area contributed by atoms with Crippen LogP contribution in [0.15, 0.2) is 84.9 Å². The summed E-state index contributed by atoms with van der Waals surface area (Å²) in [5, 5.41) is 11.3. The Bertz CT molecular complexity index is 1220. The number of hydrogen-bond acceptors (Lipinski definition) is 7. The van der Waals surface area contributed by atoms with Gasteiger partial charge in [-0.15, -0.1) is 0 Å². The Morgan fingerprint density at radius 1 is 0.838 bits per heavy atom. The zero-order valence-corrected chi connectivity index (χ0v) is 20.8. The molecule has 3 aromatic rings. The molecule has 1 aliphatic rings. The molecule has 7 nitrogen and oxygen atoms in total. The van der Waals surface area contributed by atoms with Crippen molar-refractivity contribution in [2.24, 2.45) is 11.8 Å². The summed E-state index contributed by atoms with van der Waals surface area (Å²) >= 11 is 0. The number of benzene rings is 3. The Labute approximate surface area is 216 Å². The van der Waals surface area contributed by atoms with Crippen molar-refractivity contribution in [3.8, 4) is 5.75 Å². The van der Waals surface area contributed by atoms with Gasteiger partial charge >= 0.3 is 11.9 Å². The molecule has 0 aliphatic heterocycles. The summed E-state index contributed by atoms with van der Waals surface area (Å²) in [6, 6.07) is 25.0. The maximum atomic E-state index is 13.5. The van der Waals surface area contributed by atoms with Crippen LogP contribution in [0.25, 0.3) is 0 Å². The third kappa shape index (κ3) is 6.06. The SMILES string of the molecule is COc1ccc([C@@H]2[C@@H](C(=O)OCc3ccccc3)C(=O)C[C@@](C)(O)[C@@H]2C(=O)OCc2ccccc2)cc1. The van der Waals surface area contributed by atoms with Gasteiger partial charge in [0.1, 0.15) is 24.9 Å². The third-order valence-electron chi connectivity index (χ3n) is 6.72. The molecule has 37 heavy (non-hydrogen) atoms. The average Bonchev–Trinajstić information content (AvgIpc) is 2.90. The number of esters is 2.